The molecule has 0 radical (unpaired) electrons. The number of benzene rings is 1. The highest BCUT2D eigenvalue weighted by Crippen LogP contribution is 2.22. The Morgan fingerprint density at radius 2 is 1.75 bits per heavy atom. The van der Waals surface area contributed by atoms with Gasteiger partial charge in [0.05, 0.1) is 31.5 Å². The van der Waals surface area contributed by atoms with Gasteiger partial charge in [0.1, 0.15) is 0 Å². The highest BCUT2D eigenvalue weighted by molar-refractivity contribution is 5.94. The molecule has 7 nitrogen and oxygen atoms in total. The number of aromatic nitrogens is 2. The van der Waals surface area contributed by atoms with Crippen LogP contribution >= 0.6 is 0 Å². The topological polar surface area (TPSA) is 93.6 Å². The number of anilines is 2. The monoisotopic (exact) mass is 275 g/mol. The fourth-order valence-electron chi connectivity index (χ4n) is 1.57. The molecule has 1 heterocycles. The second kappa shape index (κ2) is 5.87. The van der Waals surface area contributed by atoms with Crippen molar-refractivity contribution in [3.05, 3.63) is 35.9 Å². The minimum atomic E-state index is -1.04. The number of rotatable bonds is 5. The Labute approximate surface area is 115 Å². The molecule has 2 N–H and O–H groups in total. The first-order valence-electron chi connectivity index (χ1n) is 5.70. The fourth-order valence-corrected chi connectivity index (χ4v) is 1.57. The van der Waals surface area contributed by atoms with Gasteiger partial charge in [0, 0.05) is 0 Å². The van der Waals surface area contributed by atoms with Gasteiger partial charge in [-0.25, -0.2) is 4.79 Å². The molecule has 2 aromatic rings. The second-order valence-corrected chi connectivity index (χ2v) is 3.75. The first-order valence-corrected chi connectivity index (χ1v) is 5.70. The summed E-state index contributed by atoms with van der Waals surface area (Å²) in [4.78, 5) is 19.3. The number of ether oxygens (including phenoxy) is 2. The molecule has 20 heavy (non-hydrogen) atoms. The van der Waals surface area contributed by atoms with Crippen molar-refractivity contribution in [3.8, 4) is 11.8 Å². The van der Waals surface area contributed by atoms with Gasteiger partial charge in [0.2, 0.25) is 17.7 Å². The van der Waals surface area contributed by atoms with Crippen molar-refractivity contribution in [1.29, 1.82) is 0 Å². The summed E-state index contributed by atoms with van der Waals surface area (Å²) in [6, 6.07) is 7.99. The van der Waals surface area contributed by atoms with Crippen LogP contribution in [0.1, 0.15) is 10.4 Å². The lowest BCUT2D eigenvalue weighted by Gasteiger charge is -2.10. The van der Waals surface area contributed by atoms with Gasteiger partial charge in [-0.15, -0.1) is 0 Å². The maximum absolute atomic E-state index is 11.1. The van der Waals surface area contributed by atoms with Crippen LogP contribution in [0.25, 0.3) is 0 Å². The van der Waals surface area contributed by atoms with Crippen LogP contribution in [0, 0.1) is 0 Å². The molecule has 0 saturated heterocycles. The van der Waals surface area contributed by atoms with Crippen LogP contribution in [-0.4, -0.2) is 35.3 Å². The van der Waals surface area contributed by atoms with Crippen molar-refractivity contribution in [3.63, 3.8) is 0 Å². The number of hydrogen-bond acceptors (Lipinski definition) is 6. The van der Waals surface area contributed by atoms with E-state index in [0.717, 1.165) is 0 Å². The third-order valence-corrected chi connectivity index (χ3v) is 2.50. The van der Waals surface area contributed by atoms with E-state index in [9.17, 15) is 4.79 Å². The molecule has 0 aliphatic carbocycles. The maximum Gasteiger partial charge on any atom is 0.337 e. The summed E-state index contributed by atoms with van der Waals surface area (Å²) in [5.74, 6) is -0.225. The summed E-state index contributed by atoms with van der Waals surface area (Å²) in [5, 5.41) is 12.0. The normalized spacial score (nSPS) is 9.90. The Kier molecular flexibility index (Phi) is 3.99. The first-order chi connectivity index (χ1) is 9.63. The van der Waals surface area contributed by atoms with Crippen LogP contribution in [0.2, 0.25) is 0 Å². The van der Waals surface area contributed by atoms with Crippen LogP contribution in [0.15, 0.2) is 30.3 Å². The standard InChI is InChI=1S/C13H13N3O4/c1-19-10-7-11(20-2)16-13(15-10)14-9-6-4-3-5-8(9)12(17)18/h3-7H,1-2H3,(H,17,18)(H,14,15,16). The molecular formula is C13H13N3O4. The molecule has 0 saturated carbocycles. The van der Waals surface area contributed by atoms with E-state index < -0.39 is 5.97 Å². The molecule has 0 aliphatic rings. The van der Waals surface area contributed by atoms with Crippen molar-refractivity contribution in [2.45, 2.75) is 0 Å². The summed E-state index contributed by atoms with van der Waals surface area (Å²) in [5.41, 5.74) is 0.508. The Morgan fingerprint density at radius 3 is 2.30 bits per heavy atom. The van der Waals surface area contributed by atoms with Crippen molar-refractivity contribution in [2.75, 3.05) is 19.5 Å². The molecule has 0 amide bonds. The van der Waals surface area contributed by atoms with Gasteiger partial charge in [0.25, 0.3) is 0 Å². The number of hydrogen-bond donors (Lipinski definition) is 2. The smallest absolute Gasteiger partial charge is 0.337 e. The molecule has 1 aromatic heterocycles. The number of methoxy groups -OCH3 is 2. The predicted molar refractivity (Wildman–Crippen MR) is 71.8 cm³/mol. The lowest BCUT2D eigenvalue weighted by atomic mass is 10.2. The number of nitrogens with one attached hydrogen (secondary N) is 1. The van der Waals surface area contributed by atoms with Gasteiger partial charge in [-0.05, 0) is 12.1 Å². The van der Waals surface area contributed by atoms with E-state index >= 15 is 0 Å². The van der Waals surface area contributed by atoms with E-state index in [4.69, 9.17) is 14.6 Å². The molecule has 0 spiro atoms. The Hall–Kier alpha value is -2.83. The summed E-state index contributed by atoms with van der Waals surface area (Å²) in [6.45, 7) is 0. The highest BCUT2D eigenvalue weighted by atomic mass is 16.5. The van der Waals surface area contributed by atoms with Crippen molar-refractivity contribution in [2.24, 2.45) is 0 Å². The van der Waals surface area contributed by atoms with Crippen molar-refractivity contribution < 1.29 is 19.4 Å². The second-order valence-electron chi connectivity index (χ2n) is 3.75. The number of nitrogens with zero attached hydrogens (tertiary/aromatic N) is 2. The SMILES string of the molecule is COc1cc(OC)nc(Nc2ccccc2C(=O)O)n1. The molecule has 0 unspecified atom stereocenters. The van der Waals surface area contributed by atoms with Crippen molar-refractivity contribution >= 4 is 17.6 Å². The van der Waals surface area contributed by atoms with E-state index in [1.54, 1.807) is 18.2 Å². The molecule has 1 aromatic carbocycles. The lowest BCUT2D eigenvalue weighted by Crippen LogP contribution is -2.05. The average Bonchev–Trinajstić information content (AvgIpc) is 2.47. The Bertz CT molecular complexity index is 609. The van der Waals surface area contributed by atoms with E-state index in [1.165, 1.54) is 26.4 Å². The van der Waals surface area contributed by atoms with E-state index in [0.29, 0.717) is 17.4 Å². The average molecular weight is 275 g/mol. The van der Waals surface area contributed by atoms with E-state index in [-0.39, 0.29) is 11.5 Å². The third-order valence-electron chi connectivity index (χ3n) is 2.50. The molecule has 0 fully saturated rings. The van der Waals surface area contributed by atoms with Gasteiger partial charge in [-0.1, -0.05) is 12.1 Å². The Morgan fingerprint density at radius 1 is 1.15 bits per heavy atom. The highest BCUT2D eigenvalue weighted by Gasteiger charge is 2.11. The van der Waals surface area contributed by atoms with Gasteiger partial charge in [-0.2, -0.15) is 9.97 Å². The van der Waals surface area contributed by atoms with Crippen LogP contribution < -0.4 is 14.8 Å². The molecule has 104 valence electrons. The Balaban J connectivity index is 2.37. The predicted octanol–water partition coefficient (Wildman–Crippen LogP) is 1.94. The lowest BCUT2D eigenvalue weighted by molar-refractivity contribution is 0.0698. The molecule has 0 aliphatic heterocycles. The maximum atomic E-state index is 11.1. The number of carboxylic acid groups (broad SMARTS) is 1. The van der Waals surface area contributed by atoms with E-state index in [1.807, 2.05) is 0 Å². The van der Waals surface area contributed by atoms with Gasteiger partial charge < -0.3 is 19.9 Å². The summed E-state index contributed by atoms with van der Waals surface area (Å²) >= 11 is 0. The van der Waals surface area contributed by atoms with Gasteiger partial charge in [-0.3, -0.25) is 0 Å². The van der Waals surface area contributed by atoms with Crippen molar-refractivity contribution in [1.82, 2.24) is 9.97 Å². The third kappa shape index (κ3) is 2.94. The van der Waals surface area contributed by atoms with Crippen LogP contribution in [0.5, 0.6) is 11.8 Å². The van der Waals surface area contributed by atoms with Crippen LogP contribution in [-0.2, 0) is 0 Å². The molecule has 2 rings (SSSR count). The quantitative estimate of drug-likeness (QED) is 0.861. The zero-order valence-corrected chi connectivity index (χ0v) is 11.0. The van der Waals surface area contributed by atoms with Gasteiger partial charge >= 0.3 is 5.97 Å². The van der Waals surface area contributed by atoms with E-state index in [2.05, 4.69) is 15.3 Å². The minimum Gasteiger partial charge on any atom is -0.481 e. The molecule has 0 atom stereocenters. The zero-order chi connectivity index (χ0) is 14.5. The number of aromatic carboxylic acids is 1. The number of carboxylic acids is 1. The zero-order valence-electron chi connectivity index (χ0n) is 11.0. The summed E-state index contributed by atoms with van der Waals surface area (Å²) in [7, 11) is 2.94. The number of para-hydroxylation sites is 1. The minimum absolute atomic E-state index is 0.123. The van der Waals surface area contributed by atoms with Gasteiger partial charge in [0.15, 0.2) is 0 Å². The summed E-state index contributed by atoms with van der Waals surface area (Å²) in [6.07, 6.45) is 0. The largest absolute Gasteiger partial charge is 0.481 e. The first kappa shape index (κ1) is 13.6. The molecule has 7 heteroatoms. The molecular weight excluding hydrogens is 262 g/mol. The number of carbonyl (C=O) groups is 1. The van der Waals surface area contributed by atoms with Crippen LogP contribution in [0.4, 0.5) is 11.6 Å². The molecule has 0 bridgehead atoms. The van der Waals surface area contributed by atoms with Crippen LogP contribution in [0.3, 0.4) is 0 Å². The summed E-state index contributed by atoms with van der Waals surface area (Å²) < 4.78 is 10.1. The fraction of sp³-hybridized carbons (Fsp3) is 0.154.